The van der Waals surface area contributed by atoms with Gasteiger partial charge in [-0.05, 0) is 69.4 Å². The van der Waals surface area contributed by atoms with Gasteiger partial charge in [-0.1, -0.05) is 6.07 Å². The topological polar surface area (TPSA) is 33.3 Å². The van der Waals surface area contributed by atoms with E-state index in [4.69, 9.17) is 4.74 Å². The first kappa shape index (κ1) is 14.4. The summed E-state index contributed by atoms with van der Waals surface area (Å²) in [4.78, 5) is 0. The highest BCUT2D eigenvalue weighted by Crippen LogP contribution is 2.24. The fourth-order valence-electron chi connectivity index (χ4n) is 2.85. The lowest BCUT2D eigenvalue weighted by molar-refractivity contribution is 0.405. The van der Waals surface area contributed by atoms with Crippen LogP contribution in [0.5, 0.6) is 5.75 Å². The number of ether oxygens (including phenoxy) is 1. The molecule has 1 heterocycles. The molecule has 1 saturated heterocycles. The summed E-state index contributed by atoms with van der Waals surface area (Å²) in [7, 11) is 1.75. The van der Waals surface area contributed by atoms with Gasteiger partial charge in [-0.15, -0.1) is 0 Å². The molecule has 1 unspecified atom stereocenters. The molecule has 19 heavy (non-hydrogen) atoms. The second-order valence-corrected chi connectivity index (χ2v) is 5.59. The third-order valence-corrected chi connectivity index (χ3v) is 3.99. The standard InChI is InChI=1S/C16H26N2O/c1-12-8-13(2)15(16(9-12)19-3)11-18-7-5-14-4-6-17-10-14/h8-9,14,17-18H,4-7,10-11H2,1-3H3. The predicted molar refractivity (Wildman–Crippen MR) is 79.8 cm³/mol. The minimum atomic E-state index is 0.855. The van der Waals surface area contributed by atoms with Crippen LogP contribution in [0.2, 0.25) is 0 Å². The molecular weight excluding hydrogens is 236 g/mol. The Kier molecular flexibility index (Phi) is 5.23. The van der Waals surface area contributed by atoms with Gasteiger partial charge in [0, 0.05) is 12.1 Å². The van der Waals surface area contributed by atoms with Gasteiger partial charge in [0.15, 0.2) is 0 Å². The highest BCUT2D eigenvalue weighted by molar-refractivity contribution is 5.42. The number of rotatable bonds is 6. The minimum absolute atomic E-state index is 0.855. The van der Waals surface area contributed by atoms with Crippen LogP contribution in [-0.2, 0) is 6.54 Å². The molecule has 0 aromatic heterocycles. The van der Waals surface area contributed by atoms with Crippen LogP contribution < -0.4 is 15.4 Å². The minimum Gasteiger partial charge on any atom is -0.496 e. The number of hydrogen-bond acceptors (Lipinski definition) is 3. The fourth-order valence-corrected chi connectivity index (χ4v) is 2.85. The number of benzene rings is 1. The molecule has 1 aromatic carbocycles. The van der Waals surface area contributed by atoms with Gasteiger partial charge in [0.25, 0.3) is 0 Å². The van der Waals surface area contributed by atoms with Crippen molar-refractivity contribution >= 4 is 0 Å². The van der Waals surface area contributed by atoms with Crippen molar-refractivity contribution in [2.75, 3.05) is 26.7 Å². The molecule has 106 valence electrons. The first-order valence-corrected chi connectivity index (χ1v) is 7.26. The Bertz CT molecular complexity index is 411. The Morgan fingerprint density at radius 3 is 2.89 bits per heavy atom. The van der Waals surface area contributed by atoms with Crippen molar-refractivity contribution in [2.45, 2.75) is 33.2 Å². The van der Waals surface area contributed by atoms with Gasteiger partial charge in [0.1, 0.15) is 5.75 Å². The van der Waals surface area contributed by atoms with E-state index in [0.29, 0.717) is 0 Å². The molecule has 1 aliphatic heterocycles. The van der Waals surface area contributed by atoms with E-state index in [-0.39, 0.29) is 0 Å². The van der Waals surface area contributed by atoms with E-state index in [0.717, 1.165) is 24.8 Å². The van der Waals surface area contributed by atoms with E-state index < -0.39 is 0 Å². The average Bonchev–Trinajstić information content (AvgIpc) is 2.89. The van der Waals surface area contributed by atoms with Gasteiger partial charge in [0.05, 0.1) is 7.11 Å². The monoisotopic (exact) mass is 262 g/mol. The van der Waals surface area contributed by atoms with Crippen LogP contribution >= 0.6 is 0 Å². The number of aryl methyl sites for hydroxylation is 2. The summed E-state index contributed by atoms with van der Waals surface area (Å²) in [5.41, 5.74) is 3.86. The summed E-state index contributed by atoms with van der Waals surface area (Å²) in [6.45, 7) is 8.63. The highest BCUT2D eigenvalue weighted by Gasteiger charge is 2.13. The largest absolute Gasteiger partial charge is 0.496 e. The maximum absolute atomic E-state index is 5.49. The fraction of sp³-hybridized carbons (Fsp3) is 0.625. The number of methoxy groups -OCH3 is 1. The first-order valence-electron chi connectivity index (χ1n) is 7.26. The molecule has 2 N–H and O–H groups in total. The van der Waals surface area contributed by atoms with E-state index in [1.165, 1.54) is 42.6 Å². The highest BCUT2D eigenvalue weighted by atomic mass is 16.5. The van der Waals surface area contributed by atoms with Crippen LogP contribution in [0.25, 0.3) is 0 Å². The van der Waals surface area contributed by atoms with Gasteiger partial charge in [-0.3, -0.25) is 0 Å². The Labute approximate surface area is 116 Å². The molecule has 0 bridgehead atoms. The Morgan fingerprint density at radius 1 is 1.37 bits per heavy atom. The lowest BCUT2D eigenvalue weighted by atomic mass is 10.0. The van der Waals surface area contributed by atoms with Crippen LogP contribution in [0, 0.1) is 19.8 Å². The molecule has 3 heteroatoms. The summed E-state index contributed by atoms with van der Waals surface area (Å²) in [5, 5.41) is 6.97. The van der Waals surface area contributed by atoms with E-state index in [1.807, 2.05) is 0 Å². The van der Waals surface area contributed by atoms with Crippen molar-refractivity contribution in [1.29, 1.82) is 0 Å². The van der Waals surface area contributed by atoms with Crippen LogP contribution in [0.4, 0.5) is 0 Å². The molecule has 2 rings (SSSR count). The molecule has 0 radical (unpaired) electrons. The van der Waals surface area contributed by atoms with Gasteiger partial charge < -0.3 is 15.4 Å². The second kappa shape index (κ2) is 6.92. The van der Waals surface area contributed by atoms with Gasteiger partial charge in [0.2, 0.25) is 0 Å². The predicted octanol–water partition coefficient (Wildman–Crippen LogP) is 2.40. The quantitative estimate of drug-likeness (QED) is 0.772. The Hall–Kier alpha value is -1.06. The molecule has 1 atom stereocenters. The van der Waals surface area contributed by atoms with Crippen molar-refractivity contribution in [3.05, 3.63) is 28.8 Å². The van der Waals surface area contributed by atoms with Crippen molar-refractivity contribution in [3.8, 4) is 5.75 Å². The normalized spacial score (nSPS) is 18.8. The maximum atomic E-state index is 5.49. The Morgan fingerprint density at radius 2 is 2.21 bits per heavy atom. The molecule has 1 aromatic rings. The van der Waals surface area contributed by atoms with E-state index in [2.05, 4.69) is 36.6 Å². The second-order valence-electron chi connectivity index (χ2n) is 5.59. The lowest BCUT2D eigenvalue weighted by Crippen LogP contribution is -2.20. The molecule has 0 aliphatic carbocycles. The summed E-state index contributed by atoms with van der Waals surface area (Å²) in [6.07, 6.45) is 2.59. The van der Waals surface area contributed by atoms with Crippen molar-refractivity contribution < 1.29 is 4.74 Å². The summed E-state index contributed by atoms with van der Waals surface area (Å²) in [6, 6.07) is 4.34. The molecule has 3 nitrogen and oxygen atoms in total. The van der Waals surface area contributed by atoms with Crippen LogP contribution in [0.15, 0.2) is 12.1 Å². The zero-order chi connectivity index (χ0) is 13.7. The van der Waals surface area contributed by atoms with Crippen LogP contribution in [0.1, 0.15) is 29.5 Å². The number of nitrogens with one attached hydrogen (secondary N) is 2. The molecular formula is C16H26N2O. The lowest BCUT2D eigenvalue weighted by Gasteiger charge is -2.14. The van der Waals surface area contributed by atoms with E-state index >= 15 is 0 Å². The third-order valence-electron chi connectivity index (χ3n) is 3.99. The molecule has 1 fully saturated rings. The van der Waals surface area contributed by atoms with E-state index in [1.54, 1.807) is 7.11 Å². The molecule has 0 saturated carbocycles. The average molecular weight is 262 g/mol. The molecule has 0 amide bonds. The van der Waals surface area contributed by atoms with Crippen LogP contribution in [0.3, 0.4) is 0 Å². The van der Waals surface area contributed by atoms with Gasteiger partial charge >= 0.3 is 0 Å². The van der Waals surface area contributed by atoms with Crippen LogP contribution in [-0.4, -0.2) is 26.7 Å². The van der Waals surface area contributed by atoms with Gasteiger partial charge in [-0.2, -0.15) is 0 Å². The summed E-state index contributed by atoms with van der Waals surface area (Å²) < 4.78 is 5.49. The zero-order valence-corrected chi connectivity index (χ0v) is 12.4. The summed E-state index contributed by atoms with van der Waals surface area (Å²) >= 11 is 0. The first-order chi connectivity index (χ1) is 9.20. The maximum Gasteiger partial charge on any atom is 0.123 e. The van der Waals surface area contributed by atoms with E-state index in [9.17, 15) is 0 Å². The van der Waals surface area contributed by atoms with Crippen molar-refractivity contribution in [3.63, 3.8) is 0 Å². The smallest absolute Gasteiger partial charge is 0.123 e. The number of hydrogen-bond donors (Lipinski definition) is 2. The molecule has 0 spiro atoms. The summed E-state index contributed by atoms with van der Waals surface area (Å²) in [5.74, 6) is 1.86. The van der Waals surface area contributed by atoms with Crippen molar-refractivity contribution in [2.24, 2.45) is 5.92 Å². The van der Waals surface area contributed by atoms with Crippen molar-refractivity contribution in [1.82, 2.24) is 10.6 Å². The third kappa shape index (κ3) is 3.95. The zero-order valence-electron chi connectivity index (χ0n) is 12.4. The molecule has 1 aliphatic rings. The van der Waals surface area contributed by atoms with Gasteiger partial charge in [-0.25, -0.2) is 0 Å². The SMILES string of the molecule is COc1cc(C)cc(C)c1CNCCC1CCNC1. The Balaban J connectivity index is 1.84.